The van der Waals surface area contributed by atoms with Crippen LogP contribution in [0, 0.1) is 11.7 Å². The van der Waals surface area contributed by atoms with Crippen LogP contribution in [0.4, 0.5) is 30.7 Å². The summed E-state index contributed by atoms with van der Waals surface area (Å²) in [7, 11) is 2.03. The first kappa shape index (κ1) is 29.9. The number of aliphatic carboxylic acids is 2. The maximum atomic E-state index is 13.7. The van der Waals surface area contributed by atoms with Crippen molar-refractivity contribution >= 4 is 11.9 Å². The van der Waals surface area contributed by atoms with Gasteiger partial charge in [0.2, 0.25) is 0 Å². The van der Waals surface area contributed by atoms with Crippen LogP contribution in [-0.4, -0.2) is 62.0 Å². The Bertz CT molecular complexity index is 929. The van der Waals surface area contributed by atoms with E-state index >= 15 is 0 Å². The number of hydrogen-bond acceptors (Lipinski definition) is 4. The molecule has 14 heteroatoms. The number of aromatic nitrogens is 2. The molecular weight excluding hydrogens is 491 g/mol. The number of aryl methyl sites for hydroxylation is 1. The third-order valence-electron chi connectivity index (χ3n) is 4.94. The number of carbonyl (C=O) groups is 2. The van der Waals surface area contributed by atoms with Gasteiger partial charge in [-0.05, 0) is 49.9 Å². The Morgan fingerprint density at radius 1 is 1.00 bits per heavy atom. The second-order valence-corrected chi connectivity index (χ2v) is 7.58. The fraction of sp³-hybridized carbons (Fsp3) is 0.476. The molecule has 1 saturated heterocycles. The molecule has 3 rings (SSSR count). The SMILES string of the molecule is Cn1ccnc1CN1CCC(Cc2ccccc2F)CC1.O=C(O)C(F)(F)F.O=C(O)C(F)(F)F. The van der Waals surface area contributed by atoms with Crippen LogP contribution >= 0.6 is 0 Å². The first-order valence-corrected chi connectivity index (χ1v) is 10.1. The van der Waals surface area contributed by atoms with E-state index in [1.165, 1.54) is 0 Å². The summed E-state index contributed by atoms with van der Waals surface area (Å²) in [5.41, 5.74) is 0.861. The fourth-order valence-corrected chi connectivity index (χ4v) is 3.07. The van der Waals surface area contributed by atoms with Gasteiger partial charge in [-0.15, -0.1) is 0 Å². The monoisotopic (exact) mass is 515 g/mol. The highest BCUT2D eigenvalue weighted by atomic mass is 19.4. The van der Waals surface area contributed by atoms with Crippen molar-refractivity contribution in [1.29, 1.82) is 0 Å². The van der Waals surface area contributed by atoms with E-state index in [0.29, 0.717) is 5.92 Å². The van der Waals surface area contributed by atoms with E-state index in [0.717, 1.165) is 50.3 Å². The molecule has 7 nitrogen and oxygen atoms in total. The molecule has 2 heterocycles. The zero-order valence-electron chi connectivity index (χ0n) is 18.5. The van der Waals surface area contributed by atoms with Crippen LogP contribution < -0.4 is 0 Å². The molecule has 196 valence electrons. The number of hydrogen-bond donors (Lipinski definition) is 2. The van der Waals surface area contributed by atoms with Crippen LogP contribution in [0.1, 0.15) is 24.2 Å². The number of benzene rings is 1. The van der Waals surface area contributed by atoms with Crippen LogP contribution in [0.2, 0.25) is 0 Å². The zero-order chi connectivity index (χ0) is 26.8. The van der Waals surface area contributed by atoms with E-state index in [1.807, 2.05) is 31.6 Å². The van der Waals surface area contributed by atoms with Gasteiger partial charge in [0, 0.05) is 19.4 Å². The van der Waals surface area contributed by atoms with E-state index < -0.39 is 24.3 Å². The first-order chi connectivity index (χ1) is 16.1. The van der Waals surface area contributed by atoms with Gasteiger partial charge in [-0.1, -0.05) is 18.2 Å². The molecule has 1 aliphatic heterocycles. The smallest absolute Gasteiger partial charge is 0.475 e. The van der Waals surface area contributed by atoms with E-state index in [9.17, 15) is 30.7 Å². The minimum absolute atomic E-state index is 0.0621. The predicted molar refractivity (Wildman–Crippen MR) is 109 cm³/mol. The van der Waals surface area contributed by atoms with E-state index in [2.05, 4.69) is 14.5 Å². The molecule has 0 aliphatic carbocycles. The number of halogens is 7. The predicted octanol–water partition coefficient (Wildman–Crippen LogP) is 4.28. The lowest BCUT2D eigenvalue weighted by Crippen LogP contribution is -2.34. The second-order valence-electron chi connectivity index (χ2n) is 7.58. The van der Waals surface area contributed by atoms with Crippen LogP contribution in [0.3, 0.4) is 0 Å². The van der Waals surface area contributed by atoms with Crippen LogP contribution in [0.5, 0.6) is 0 Å². The Balaban J connectivity index is 0.000000362. The maximum absolute atomic E-state index is 13.7. The van der Waals surface area contributed by atoms with Gasteiger partial charge >= 0.3 is 24.3 Å². The normalized spacial score (nSPS) is 14.9. The highest BCUT2D eigenvalue weighted by Crippen LogP contribution is 2.23. The zero-order valence-corrected chi connectivity index (χ0v) is 18.5. The third-order valence-corrected chi connectivity index (χ3v) is 4.94. The Morgan fingerprint density at radius 2 is 1.49 bits per heavy atom. The molecule has 0 unspecified atom stereocenters. The minimum atomic E-state index is -5.08. The molecule has 0 saturated carbocycles. The summed E-state index contributed by atoms with van der Waals surface area (Å²) in [4.78, 5) is 24.6. The van der Waals surface area contributed by atoms with Gasteiger partial charge in [-0.25, -0.2) is 19.0 Å². The average molecular weight is 515 g/mol. The van der Waals surface area contributed by atoms with Crippen molar-refractivity contribution in [3.05, 3.63) is 53.9 Å². The summed E-state index contributed by atoms with van der Waals surface area (Å²) in [6, 6.07) is 7.16. The summed E-state index contributed by atoms with van der Waals surface area (Å²) in [5, 5.41) is 14.2. The number of alkyl halides is 6. The Hall–Kier alpha value is -3.16. The van der Waals surface area contributed by atoms with E-state index in [-0.39, 0.29) is 5.82 Å². The molecule has 1 aliphatic rings. The topological polar surface area (TPSA) is 95.7 Å². The summed E-state index contributed by atoms with van der Waals surface area (Å²) in [5.74, 6) is -3.87. The summed E-state index contributed by atoms with van der Waals surface area (Å²) >= 11 is 0. The van der Waals surface area contributed by atoms with Gasteiger partial charge in [-0.2, -0.15) is 26.3 Å². The fourth-order valence-electron chi connectivity index (χ4n) is 3.07. The van der Waals surface area contributed by atoms with Crippen LogP contribution in [-0.2, 0) is 29.6 Å². The van der Waals surface area contributed by atoms with Gasteiger partial charge in [0.1, 0.15) is 11.6 Å². The molecule has 1 aromatic heterocycles. The lowest BCUT2D eigenvalue weighted by Gasteiger charge is -2.31. The average Bonchev–Trinajstić information content (AvgIpc) is 3.15. The lowest BCUT2D eigenvalue weighted by atomic mass is 9.90. The minimum Gasteiger partial charge on any atom is -0.475 e. The Labute approximate surface area is 195 Å². The van der Waals surface area contributed by atoms with Crippen LogP contribution in [0.25, 0.3) is 0 Å². The number of imidazole rings is 1. The number of nitrogens with zero attached hydrogens (tertiary/aromatic N) is 3. The number of rotatable bonds is 4. The number of piperidine rings is 1. The molecule has 0 atom stereocenters. The molecule has 1 fully saturated rings. The third kappa shape index (κ3) is 11.2. The summed E-state index contributed by atoms with van der Waals surface area (Å²) in [6.07, 6.45) is -3.19. The van der Waals surface area contributed by atoms with Crippen molar-refractivity contribution in [3.8, 4) is 0 Å². The largest absolute Gasteiger partial charge is 0.490 e. The molecule has 0 radical (unpaired) electrons. The quantitative estimate of drug-likeness (QED) is 0.591. The number of carboxylic acids is 2. The van der Waals surface area contributed by atoms with Crippen molar-refractivity contribution < 1.29 is 50.5 Å². The van der Waals surface area contributed by atoms with E-state index in [4.69, 9.17) is 19.8 Å². The van der Waals surface area contributed by atoms with Crippen LogP contribution in [0.15, 0.2) is 36.7 Å². The number of carboxylic acid groups (broad SMARTS) is 2. The summed E-state index contributed by atoms with van der Waals surface area (Å²) in [6.45, 7) is 3.06. The second kappa shape index (κ2) is 13.1. The van der Waals surface area contributed by atoms with Crippen molar-refractivity contribution in [2.75, 3.05) is 13.1 Å². The van der Waals surface area contributed by atoms with Crippen molar-refractivity contribution in [1.82, 2.24) is 14.5 Å². The molecule has 0 spiro atoms. The number of likely N-dealkylation sites (tertiary alicyclic amines) is 1. The maximum Gasteiger partial charge on any atom is 0.490 e. The standard InChI is InChI=1S/C17H22FN3.2C2HF3O2/c1-20-11-8-19-17(20)13-21-9-6-14(7-10-21)12-15-4-2-3-5-16(15)18;2*3-2(4,5)1(6)7/h2-5,8,11,14H,6-7,9-10,12-13H2,1H3;2*(H,6,7). The van der Waals surface area contributed by atoms with Gasteiger partial charge < -0.3 is 14.8 Å². The van der Waals surface area contributed by atoms with Gasteiger partial charge in [0.25, 0.3) is 0 Å². The Morgan fingerprint density at radius 3 is 1.89 bits per heavy atom. The van der Waals surface area contributed by atoms with Gasteiger partial charge in [0.05, 0.1) is 6.54 Å². The Kier molecular flexibility index (Phi) is 11.2. The van der Waals surface area contributed by atoms with E-state index in [1.54, 1.807) is 12.1 Å². The highest BCUT2D eigenvalue weighted by Gasteiger charge is 2.38. The first-order valence-electron chi connectivity index (χ1n) is 10.1. The molecule has 0 amide bonds. The van der Waals surface area contributed by atoms with Crippen molar-refractivity contribution in [2.45, 2.75) is 38.2 Å². The summed E-state index contributed by atoms with van der Waals surface area (Å²) < 4.78 is 79.2. The molecule has 35 heavy (non-hydrogen) atoms. The molecule has 2 aromatic rings. The molecule has 1 aromatic carbocycles. The van der Waals surface area contributed by atoms with Gasteiger partial charge in [-0.3, -0.25) is 4.90 Å². The highest BCUT2D eigenvalue weighted by molar-refractivity contribution is 5.73. The van der Waals surface area contributed by atoms with Crippen molar-refractivity contribution in [3.63, 3.8) is 0 Å². The molecule has 0 bridgehead atoms. The van der Waals surface area contributed by atoms with Gasteiger partial charge in [0.15, 0.2) is 0 Å². The lowest BCUT2D eigenvalue weighted by molar-refractivity contribution is -0.193. The van der Waals surface area contributed by atoms with Crippen molar-refractivity contribution in [2.24, 2.45) is 13.0 Å². The molecule has 2 N–H and O–H groups in total. The molecular formula is C21H24F7N3O4.